The lowest BCUT2D eigenvalue weighted by molar-refractivity contribution is -0.131. The zero-order chi connectivity index (χ0) is 23.8. The molecule has 34 heavy (non-hydrogen) atoms. The average Bonchev–Trinajstić information content (AvgIpc) is 3.31. The van der Waals surface area contributed by atoms with Gasteiger partial charge in [0.15, 0.2) is 0 Å². The number of aromatic nitrogens is 3. The van der Waals surface area contributed by atoms with Crippen molar-refractivity contribution >= 4 is 29.8 Å². The Morgan fingerprint density at radius 1 is 0.941 bits per heavy atom. The zero-order valence-electron chi connectivity index (χ0n) is 18.8. The summed E-state index contributed by atoms with van der Waals surface area (Å²) in [6, 6.07) is 26.1. The molecule has 5 nitrogen and oxygen atoms in total. The van der Waals surface area contributed by atoms with Gasteiger partial charge in [-0.1, -0.05) is 90.6 Å². The molecule has 172 valence electrons. The monoisotopic (exact) mass is 472 g/mol. The van der Waals surface area contributed by atoms with Crippen LogP contribution in [-0.2, 0) is 17.9 Å². The van der Waals surface area contributed by atoms with Crippen molar-refractivity contribution in [3.05, 3.63) is 113 Å². The fourth-order valence-electron chi connectivity index (χ4n) is 3.42. The van der Waals surface area contributed by atoms with Crippen molar-refractivity contribution in [3.63, 3.8) is 0 Å². The van der Waals surface area contributed by atoms with Gasteiger partial charge in [0.1, 0.15) is 11.6 Å². The molecule has 0 saturated carbocycles. The van der Waals surface area contributed by atoms with Crippen LogP contribution in [0, 0.1) is 5.82 Å². The van der Waals surface area contributed by atoms with E-state index >= 15 is 0 Å². The Bertz CT molecular complexity index is 1190. The lowest BCUT2D eigenvalue weighted by Crippen LogP contribution is -2.35. The number of hydrogen-bond donors (Lipinski definition) is 1. The van der Waals surface area contributed by atoms with Gasteiger partial charge in [-0.05, 0) is 41.8 Å². The van der Waals surface area contributed by atoms with Crippen molar-refractivity contribution in [1.82, 2.24) is 20.1 Å². The summed E-state index contributed by atoms with van der Waals surface area (Å²) in [5.41, 5.74) is 3.01. The highest BCUT2D eigenvalue weighted by molar-refractivity contribution is 8.00. The molecule has 0 spiro atoms. The third kappa shape index (κ3) is 6.65. The number of rotatable bonds is 9. The Labute approximate surface area is 202 Å². The molecular formula is C27H25FN4OS. The molecule has 0 radical (unpaired) electrons. The molecule has 1 heterocycles. The van der Waals surface area contributed by atoms with E-state index in [0.717, 1.165) is 16.7 Å². The number of carbonyl (C=O) groups is 1. The highest BCUT2D eigenvalue weighted by Crippen LogP contribution is 2.23. The molecule has 4 aromatic rings. The Morgan fingerprint density at radius 2 is 1.53 bits per heavy atom. The number of carbonyl (C=O) groups excluding carboxylic acids is 1. The van der Waals surface area contributed by atoms with E-state index in [1.54, 1.807) is 18.2 Å². The van der Waals surface area contributed by atoms with Crippen LogP contribution in [0.15, 0.2) is 90.1 Å². The average molecular weight is 473 g/mol. The van der Waals surface area contributed by atoms with E-state index < -0.39 is 0 Å². The quantitative estimate of drug-likeness (QED) is 0.312. The number of thioether (sulfide) groups is 1. The topological polar surface area (TPSA) is 61.9 Å². The maximum atomic E-state index is 13.4. The SMILES string of the molecule is C[C@H](Sc1n[nH]c(/C=C/c2ccc(F)cc2)n1)C(=O)N(Cc1ccccc1)Cc1ccccc1. The number of nitrogens with one attached hydrogen (secondary N) is 1. The van der Waals surface area contributed by atoms with E-state index in [-0.39, 0.29) is 17.0 Å². The van der Waals surface area contributed by atoms with Crippen molar-refractivity contribution < 1.29 is 9.18 Å². The van der Waals surface area contributed by atoms with Gasteiger partial charge in [-0.2, -0.15) is 0 Å². The molecule has 3 aromatic carbocycles. The van der Waals surface area contributed by atoms with Crippen molar-refractivity contribution in [3.8, 4) is 0 Å². The Balaban J connectivity index is 1.43. The fourth-order valence-corrected chi connectivity index (χ4v) is 4.23. The number of aromatic amines is 1. The molecule has 7 heteroatoms. The molecule has 1 amide bonds. The van der Waals surface area contributed by atoms with Crippen LogP contribution in [0.3, 0.4) is 0 Å². The molecule has 0 aliphatic heterocycles. The second kappa shape index (κ2) is 11.4. The molecule has 0 aliphatic rings. The van der Waals surface area contributed by atoms with Gasteiger partial charge in [0.05, 0.1) is 5.25 Å². The van der Waals surface area contributed by atoms with Crippen LogP contribution in [-0.4, -0.2) is 31.2 Å². The lowest BCUT2D eigenvalue weighted by Gasteiger charge is -2.25. The molecule has 0 fully saturated rings. The summed E-state index contributed by atoms with van der Waals surface area (Å²) >= 11 is 1.32. The second-order valence-electron chi connectivity index (χ2n) is 7.81. The summed E-state index contributed by atoms with van der Waals surface area (Å²) in [6.45, 7) is 2.93. The van der Waals surface area contributed by atoms with Crippen LogP contribution in [0.1, 0.15) is 29.4 Å². The van der Waals surface area contributed by atoms with E-state index in [2.05, 4.69) is 15.2 Å². The van der Waals surface area contributed by atoms with Gasteiger partial charge in [0.2, 0.25) is 11.1 Å². The minimum absolute atomic E-state index is 0.0194. The van der Waals surface area contributed by atoms with Crippen LogP contribution in [0.25, 0.3) is 12.2 Å². The first-order chi connectivity index (χ1) is 16.6. The van der Waals surface area contributed by atoms with Crippen molar-refractivity contribution in [2.45, 2.75) is 30.4 Å². The third-order valence-corrected chi connectivity index (χ3v) is 6.11. The Morgan fingerprint density at radius 3 is 2.12 bits per heavy atom. The zero-order valence-corrected chi connectivity index (χ0v) is 19.6. The van der Waals surface area contributed by atoms with Crippen LogP contribution in [0.5, 0.6) is 0 Å². The molecular weight excluding hydrogens is 447 g/mol. The van der Waals surface area contributed by atoms with Gasteiger partial charge in [0.25, 0.3) is 0 Å². The van der Waals surface area contributed by atoms with Gasteiger partial charge in [-0.25, -0.2) is 9.37 Å². The molecule has 0 bridgehead atoms. The maximum absolute atomic E-state index is 13.4. The smallest absolute Gasteiger partial charge is 0.236 e. The van der Waals surface area contributed by atoms with E-state index in [4.69, 9.17) is 0 Å². The van der Waals surface area contributed by atoms with E-state index in [0.29, 0.717) is 24.1 Å². The van der Waals surface area contributed by atoms with E-state index in [1.165, 1.54) is 23.9 Å². The van der Waals surface area contributed by atoms with Crippen LogP contribution < -0.4 is 0 Å². The first-order valence-corrected chi connectivity index (χ1v) is 11.8. The Hall–Kier alpha value is -3.71. The summed E-state index contributed by atoms with van der Waals surface area (Å²) in [7, 11) is 0. The summed E-state index contributed by atoms with van der Waals surface area (Å²) in [5.74, 6) is 0.311. The van der Waals surface area contributed by atoms with Crippen LogP contribution in [0.4, 0.5) is 4.39 Å². The van der Waals surface area contributed by atoms with Crippen molar-refractivity contribution in [2.24, 2.45) is 0 Å². The van der Waals surface area contributed by atoms with E-state index in [1.807, 2.05) is 78.6 Å². The van der Waals surface area contributed by atoms with Gasteiger partial charge < -0.3 is 4.90 Å². The molecule has 1 atom stereocenters. The highest BCUT2D eigenvalue weighted by Gasteiger charge is 2.23. The minimum atomic E-state index is -0.364. The summed E-state index contributed by atoms with van der Waals surface area (Å²) in [5, 5.41) is 7.25. The first kappa shape index (κ1) is 23.4. The summed E-state index contributed by atoms with van der Waals surface area (Å²) < 4.78 is 13.1. The molecule has 4 rings (SSSR count). The number of amides is 1. The normalized spacial score (nSPS) is 12.1. The molecule has 1 N–H and O–H groups in total. The van der Waals surface area contributed by atoms with Gasteiger partial charge in [-0.3, -0.25) is 9.89 Å². The largest absolute Gasteiger partial charge is 0.333 e. The number of halogens is 1. The lowest BCUT2D eigenvalue weighted by atomic mass is 10.1. The highest BCUT2D eigenvalue weighted by atomic mass is 32.2. The Kier molecular flexibility index (Phi) is 7.88. The summed E-state index contributed by atoms with van der Waals surface area (Å²) in [6.07, 6.45) is 3.60. The van der Waals surface area contributed by atoms with Crippen molar-refractivity contribution in [1.29, 1.82) is 0 Å². The minimum Gasteiger partial charge on any atom is -0.333 e. The van der Waals surface area contributed by atoms with Gasteiger partial charge >= 0.3 is 0 Å². The van der Waals surface area contributed by atoms with Crippen LogP contribution >= 0.6 is 11.8 Å². The maximum Gasteiger partial charge on any atom is 0.236 e. The molecule has 0 unspecified atom stereocenters. The van der Waals surface area contributed by atoms with Gasteiger partial charge in [-0.15, -0.1) is 5.10 Å². The number of H-pyrrole nitrogens is 1. The predicted molar refractivity (Wildman–Crippen MR) is 134 cm³/mol. The van der Waals surface area contributed by atoms with Gasteiger partial charge in [0, 0.05) is 13.1 Å². The fraction of sp³-hybridized carbons (Fsp3) is 0.148. The molecule has 0 saturated heterocycles. The molecule has 1 aromatic heterocycles. The van der Waals surface area contributed by atoms with Crippen LogP contribution in [0.2, 0.25) is 0 Å². The number of benzene rings is 3. The van der Waals surface area contributed by atoms with Crippen molar-refractivity contribution in [2.75, 3.05) is 0 Å². The third-order valence-electron chi connectivity index (χ3n) is 5.16. The summed E-state index contributed by atoms with van der Waals surface area (Å²) in [4.78, 5) is 19.7. The first-order valence-electron chi connectivity index (χ1n) is 11.0. The number of nitrogens with zero attached hydrogens (tertiary/aromatic N) is 3. The van der Waals surface area contributed by atoms with E-state index in [9.17, 15) is 9.18 Å². The standard InChI is InChI=1S/C27H25FN4OS/c1-20(34-27-29-25(30-31-27)17-14-21-12-15-24(28)16-13-21)26(33)32(18-22-8-4-2-5-9-22)19-23-10-6-3-7-11-23/h2-17,20H,18-19H2,1H3,(H,29,30,31)/b17-14+/t20-/m0/s1. The predicted octanol–water partition coefficient (Wildman–Crippen LogP) is 5.82. The number of hydrogen-bond acceptors (Lipinski definition) is 4. The second-order valence-corrected chi connectivity index (χ2v) is 9.12. The molecule has 0 aliphatic carbocycles.